The van der Waals surface area contributed by atoms with E-state index in [0.29, 0.717) is 25.4 Å². The van der Waals surface area contributed by atoms with Gasteiger partial charge in [-0.2, -0.15) is 0 Å². The molecule has 0 saturated carbocycles. The molecular weight excluding hydrogens is 368 g/mol. The highest BCUT2D eigenvalue weighted by Crippen LogP contribution is 2.26. The van der Waals surface area contributed by atoms with Crippen molar-refractivity contribution >= 4 is 23.2 Å². The molecule has 1 aromatic carbocycles. The van der Waals surface area contributed by atoms with Gasteiger partial charge >= 0.3 is 0 Å². The van der Waals surface area contributed by atoms with Crippen LogP contribution in [0.1, 0.15) is 48.1 Å². The number of likely N-dealkylation sites (tertiary alicyclic amines) is 1. The van der Waals surface area contributed by atoms with E-state index in [9.17, 15) is 9.59 Å². The van der Waals surface area contributed by atoms with Crippen LogP contribution in [0.25, 0.3) is 0 Å². The van der Waals surface area contributed by atoms with Crippen molar-refractivity contribution in [2.75, 3.05) is 13.1 Å². The number of aryl methyl sites for hydroxylation is 1. The van der Waals surface area contributed by atoms with Crippen LogP contribution in [0.3, 0.4) is 0 Å². The van der Waals surface area contributed by atoms with E-state index in [1.54, 1.807) is 11.3 Å². The topological polar surface area (TPSA) is 40.6 Å². The molecule has 1 saturated heterocycles. The molecule has 4 rings (SSSR count). The Morgan fingerprint density at radius 1 is 1.04 bits per heavy atom. The third-order valence-electron chi connectivity index (χ3n) is 6.02. The number of rotatable bonds is 6. The van der Waals surface area contributed by atoms with Gasteiger partial charge in [-0.3, -0.25) is 9.59 Å². The standard InChI is InChI=1S/C23H28N2O2S/c26-22(24-15-12-21-19(17-24)13-16-28-21)10-11-23(27)25-14-4-7-20(25)9-8-18-5-2-1-3-6-18/h1-3,5-6,13,16,20H,4,7-12,14-15,17H2/t20-/m0/s1. The Morgan fingerprint density at radius 3 is 2.71 bits per heavy atom. The Labute approximate surface area is 171 Å². The molecular formula is C23H28N2O2S. The smallest absolute Gasteiger partial charge is 0.223 e. The average Bonchev–Trinajstić information content (AvgIpc) is 3.39. The number of hydrogen-bond acceptors (Lipinski definition) is 3. The second-order valence-electron chi connectivity index (χ2n) is 7.84. The van der Waals surface area contributed by atoms with Crippen LogP contribution < -0.4 is 0 Å². The molecule has 2 amide bonds. The number of carbonyl (C=O) groups excluding carboxylic acids is 2. The molecule has 2 aromatic rings. The van der Waals surface area contributed by atoms with Crippen LogP contribution in [0.2, 0.25) is 0 Å². The number of benzene rings is 1. The van der Waals surface area contributed by atoms with Gasteiger partial charge in [0.1, 0.15) is 0 Å². The van der Waals surface area contributed by atoms with E-state index in [2.05, 4.69) is 35.7 Å². The zero-order valence-corrected chi connectivity index (χ0v) is 17.1. The lowest BCUT2D eigenvalue weighted by Gasteiger charge is -2.28. The summed E-state index contributed by atoms with van der Waals surface area (Å²) in [5, 5.41) is 2.10. The van der Waals surface area contributed by atoms with E-state index >= 15 is 0 Å². The Hall–Kier alpha value is -2.14. The summed E-state index contributed by atoms with van der Waals surface area (Å²) >= 11 is 1.78. The molecule has 2 aliphatic rings. The highest BCUT2D eigenvalue weighted by molar-refractivity contribution is 7.10. The van der Waals surface area contributed by atoms with Crippen molar-refractivity contribution in [3.05, 3.63) is 57.8 Å². The van der Waals surface area contributed by atoms with Crippen LogP contribution in [0.5, 0.6) is 0 Å². The number of hydrogen-bond donors (Lipinski definition) is 0. The first-order valence-electron chi connectivity index (χ1n) is 10.4. The van der Waals surface area contributed by atoms with Crippen molar-refractivity contribution in [3.8, 4) is 0 Å². The summed E-state index contributed by atoms with van der Waals surface area (Å²) in [6.07, 6.45) is 5.79. The minimum atomic E-state index is 0.116. The summed E-state index contributed by atoms with van der Waals surface area (Å²) in [6.45, 7) is 2.33. The predicted octanol–water partition coefficient (Wildman–Crippen LogP) is 4.04. The quantitative estimate of drug-likeness (QED) is 0.739. The molecule has 5 heteroatoms. The van der Waals surface area contributed by atoms with Crippen LogP contribution in [0, 0.1) is 0 Å². The first-order valence-corrected chi connectivity index (χ1v) is 11.2. The molecule has 0 spiro atoms. The van der Waals surface area contributed by atoms with Crippen molar-refractivity contribution in [2.45, 2.75) is 57.5 Å². The second kappa shape index (κ2) is 8.91. The highest BCUT2D eigenvalue weighted by Gasteiger charge is 2.29. The van der Waals surface area contributed by atoms with Crippen LogP contribution in [0.15, 0.2) is 41.8 Å². The van der Waals surface area contributed by atoms with Gasteiger partial charge in [0, 0.05) is 43.4 Å². The first-order chi connectivity index (χ1) is 13.7. The van der Waals surface area contributed by atoms with E-state index in [0.717, 1.165) is 45.2 Å². The van der Waals surface area contributed by atoms with E-state index in [-0.39, 0.29) is 11.8 Å². The zero-order valence-electron chi connectivity index (χ0n) is 16.3. The fourth-order valence-corrected chi connectivity index (χ4v) is 5.31. The van der Waals surface area contributed by atoms with Crippen LogP contribution in [0.4, 0.5) is 0 Å². The van der Waals surface area contributed by atoms with Crippen molar-refractivity contribution in [3.63, 3.8) is 0 Å². The molecule has 4 nitrogen and oxygen atoms in total. The molecule has 28 heavy (non-hydrogen) atoms. The third kappa shape index (κ3) is 4.46. The monoisotopic (exact) mass is 396 g/mol. The first kappa shape index (κ1) is 19.2. The number of carbonyl (C=O) groups is 2. The van der Waals surface area contributed by atoms with Gasteiger partial charge in [0.15, 0.2) is 0 Å². The molecule has 0 unspecified atom stereocenters. The molecule has 1 atom stereocenters. The van der Waals surface area contributed by atoms with Crippen molar-refractivity contribution in [1.29, 1.82) is 0 Å². The summed E-state index contributed by atoms with van der Waals surface area (Å²) < 4.78 is 0. The molecule has 0 aliphatic carbocycles. The summed E-state index contributed by atoms with van der Waals surface area (Å²) in [7, 11) is 0. The van der Waals surface area contributed by atoms with E-state index < -0.39 is 0 Å². The minimum Gasteiger partial charge on any atom is -0.340 e. The Morgan fingerprint density at radius 2 is 1.86 bits per heavy atom. The second-order valence-corrected chi connectivity index (χ2v) is 8.84. The van der Waals surface area contributed by atoms with Crippen molar-refractivity contribution in [2.24, 2.45) is 0 Å². The van der Waals surface area contributed by atoms with Gasteiger partial charge in [-0.05, 0) is 54.7 Å². The molecule has 1 fully saturated rings. The minimum absolute atomic E-state index is 0.116. The highest BCUT2D eigenvalue weighted by atomic mass is 32.1. The summed E-state index contributed by atoms with van der Waals surface area (Å²) in [6, 6.07) is 12.9. The maximum absolute atomic E-state index is 12.8. The molecule has 3 heterocycles. The predicted molar refractivity (Wildman–Crippen MR) is 112 cm³/mol. The normalized spacial score (nSPS) is 18.9. The van der Waals surface area contributed by atoms with Crippen LogP contribution >= 0.6 is 11.3 Å². The van der Waals surface area contributed by atoms with Gasteiger partial charge in [-0.25, -0.2) is 0 Å². The maximum Gasteiger partial charge on any atom is 0.223 e. The SMILES string of the molecule is O=C(CCC(=O)N1CCC[C@H]1CCc1ccccc1)N1CCc2sccc2C1. The lowest BCUT2D eigenvalue weighted by Crippen LogP contribution is -2.38. The largest absolute Gasteiger partial charge is 0.340 e. The molecule has 0 N–H and O–H groups in total. The number of fused-ring (bicyclic) bond motifs is 1. The van der Waals surface area contributed by atoms with Crippen LogP contribution in [-0.2, 0) is 29.0 Å². The number of thiophene rings is 1. The fourth-order valence-electron chi connectivity index (χ4n) is 4.42. The van der Waals surface area contributed by atoms with Gasteiger partial charge in [0.25, 0.3) is 0 Å². The molecule has 1 aromatic heterocycles. The lowest BCUT2D eigenvalue weighted by molar-refractivity contribution is -0.138. The molecule has 0 radical (unpaired) electrons. The third-order valence-corrected chi connectivity index (χ3v) is 7.04. The van der Waals surface area contributed by atoms with Crippen LogP contribution in [-0.4, -0.2) is 40.7 Å². The maximum atomic E-state index is 12.8. The number of nitrogens with zero attached hydrogens (tertiary/aromatic N) is 2. The van der Waals surface area contributed by atoms with Gasteiger partial charge in [-0.1, -0.05) is 30.3 Å². The molecule has 2 aliphatic heterocycles. The van der Waals surface area contributed by atoms with E-state index in [1.165, 1.54) is 16.0 Å². The Kier molecular flexibility index (Phi) is 6.10. The van der Waals surface area contributed by atoms with Gasteiger partial charge < -0.3 is 9.80 Å². The molecule has 0 bridgehead atoms. The summed E-state index contributed by atoms with van der Waals surface area (Å²) in [5.41, 5.74) is 2.60. The molecule has 148 valence electrons. The fraction of sp³-hybridized carbons (Fsp3) is 0.478. The summed E-state index contributed by atoms with van der Waals surface area (Å²) in [4.78, 5) is 30.7. The average molecular weight is 397 g/mol. The van der Waals surface area contributed by atoms with Gasteiger partial charge in [0.2, 0.25) is 11.8 Å². The van der Waals surface area contributed by atoms with Gasteiger partial charge in [0.05, 0.1) is 0 Å². The van der Waals surface area contributed by atoms with Gasteiger partial charge in [-0.15, -0.1) is 11.3 Å². The summed E-state index contributed by atoms with van der Waals surface area (Å²) in [5.74, 6) is 0.266. The Bertz CT molecular complexity index is 817. The number of amides is 2. The van der Waals surface area contributed by atoms with Crippen molar-refractivity contribution in [1.82, 2.24) is 9.80 Å². The Balaban J connectivity index is 1.25. The lowest BCUT2D eigenvalue weighted by atomic mass is 10.0. The van der Waals surface area contributed by atoms with E-state index in [4.69, 9.17) is 0 Å². The van der Waals surface area contributed by atoms with E-state index in [1.807, 2.05) is 15.9 Å². The van der Waals surface area contributed by atoms with Crippen molar-refractivity contribution < 1.29 is 9.59 Å². The zero-order chi connectivity index (χ0) is 19.3.